The summed E-state index contributed by atoms with van der Waals surface area (Å²) >= 11 is 0. The fourth-order valence-corrected chi connectivity index (χ4v) is 4.35. The molecule has 1 aliphatic heterocycles. The van der Waals surface area contributed by atoms with Crippen LogP contribution in [-0.2, 0) is 21.2 Å². The van der Waals surface area contributed by atoms with E-state index in [4.69, 9.17) is 4.74 Å². The van der Waals surface area contributed by atoms with Gasteiger partial charge in [0.2, 0.25) is 10.0 Å². The van der Waals surface area contributed by atoms with Gasteiger partial charge >= 0.3 is 0 Å². The van der Waals surface area contributed by atoms with Crippen molar-refractivity contribution in [3.05, 3.63) is 35.4 Å². The number of rotatable bonds is 4. The van der Waals surface area contributed by atoms with Crippen LogP contribution in [0.4, 0.5) is 0 Å². The van der Waals surface area contributed by atoms with Crippen molar-refractivity contribution in [1.29, 1.82) is 0 Å². The zero-order valence-electron chi connectivity index (χ0n) is 12.4. The molecule has 0 radical (unpaired) electrons. The van der Waals surface area contributed by atoms with Crippen molar-refractivity contribution in [1.82, 2.24) is 4.31 Å². The van der Waals surface area contributed by atoms with Gasteiger partial charge in [-0.2, -0.15) is 0 Å². The maximum Gasteiger partial charge on any atom is 0.216 e. The molecule has 1 aromatic carbocycles. The highest BCUT2D eigenvalue weighted by Crippen LogP contribution is 2.27. The predicted octanol–water partition coefficient (Wildman–Crippen LogP) is 1.83. The van der Waals surface area contributed by atoms with E-state index in [9.17, 15) is 8.42 Å². The van der Waals surface area contributed by atoms with Crippen molar-refractivity contribution in [3.63, 3.8) is 0 Å². The summed E-state index contributed by atoms with van der Waals surface area (Å²) in [4.78, 5) is 0. The topological polar surface area (TPSA) is 46.6 Å². The Labute approximate surface area is 121 Å². The largest absolute Gasteiger partial charge is 0.381 e. The van der Waals surface area contributed by atoms with Gasteiger partial charge < -0.3 is 4.74 Å². The van der Waals surface area contributed by atoms with Crippen LogP contribution in [0.25, 0.3) is 0 Å². The van der Waals surface area contributed by atoms with Gasteiger partial charge in [0.05, 0.1) is 11.9 Å². The van der Waals surface area contributed by atoms with Gasteiger partial charge in [-0.1, -0.05) is 24.3 Å². The molecule has 2 rings (SSSR count). The normalized spacial score (nSPS) is 24.0. The third kappa shape index (κ3) is 3.22. The molecule has 0 amide bonds. The van der Waals surface area contributed by atoms with Crippen molar-refractivity contribution >= 4 is 10.0 Å². The number of hydrogen-bond donors (Lipinski definition) is 0. The predicted molar refractivity (Wildman–Crippen MR) is 80.2 cm³/mol. The van der Waals surface area contributed by atoms with Crippen LogP contribution in [0.5, 0.6) is 0 Å². The van der Waals surface area contributed by atoms with Gasteiger partial charge in [-0.3, -0.25) is 0 Å². The van der Waals surface area contributed by atoms with Gasteiger partial charge in [0, 0.05) is 26.6 Å². The number of hydrogen-bond acceptors (Lipinski definition) is 3. The molecule has 0 aromatic heterocycles. The molecule has 0 spiro atoms. The number of sulfonamides is 1. The van der Waals surface area contributed by atoms with Crippen LogP contribution in [0.2, 0.25) is 0 Å². The Bertz CT molecular complexity index is 554. The zero-order chi connectivity index (χ0) is 14.8. The van der Waals surface area contributed by atoms with Crippen LogP contribution < -0.4 is 0 Å². The van der Waals surface area contributed by atoms with Crippen LogP contribution in [0.1, 0.15) is 17.5 Å². The Balaban J connectivity index is 2.22. The minimum Gasteiger partial charge on any atom is -0.381 e. The van der Waals surface area contributed by atoms with Crippen LogP contribution in [0.3, 0.4) is 0 Å². The first kappa shape index (κ1) is 15.5. The maximum atomic E-state index is 12.4. The molecule has 1 aliphatic rings. The van der Waals surface area contributed by atoms with Crippen molar-refractivity contribution in [3.8, 4) is 0 Å². The lowest BCUT2D eigenvalue weighted by atomic mass is 9.91. The molecule has 0 aliphatic carbocycles. The van der Waals surface area contributed by atoms with E-state index in [1.165, 1.54) is 15.4 Å². The van der Waals surface area contributed by atoms with E-state index >= 15 is 0 Å². The zero-order valence-corrected chi connectivity index (χ0v) is 13.2. The van der Waals surface area contributed by atoms with Crippen molar-refractivity contribution in [2.75, 3.05) is 27.3 Å². The number of benzene rings is 1. The Morgan fingerprint density at radius 3 is 2.65 bits per heavy atom. The third-order valence-electron chi connectivity index (χ3n) is 4.04. The Morgan fingerprint density at radius 1 is 1.30 bits per heavy atom. The molecule has 1 fully saturated rings. The number of aryl methyl sites for hydroxylation is 1. The van der Waals surface area contributed by atoms with Gasteiger partial charge in [-0.15, -0.1) is 0 Å². The van der Waals surface area contributed by atoms with Crippen molar-refractivity contribution in [2.45, 2.75) is 25.0 Å². The van der Waals surface area contributed by atoms with Crippen LogP contribution >= 0.6 is 0 Å². The molecule has 4 nitrogen and oxygen atoms in total. The first-order valence-corrected chi connectivity index (χ1v) is 8.47. The van der Waals surface area contributed by atoms with E-state index in [-0.39, 0.29) is 11.2 Å². The molecular weight excluding hydrogens is 274 g/mol. The molecule has 5 heteroatoms. The van der Waals surface area contributed by atoms with Crippen molar-refractivity contribution in [2.24, 2.45) is 5.92 Å². The van der Waals surface area contributed by atoms with Crippen LogP contribution in [0, 0.1) is 12.8 Å². The van der Waals surface area contributed by atoms with E-state index in [0.29, 0.717) is 19.6 Å². The molecule has 1 heterocycles. The second kappa shape index (κ2) is 6.24. The SMILES string of the molecule is Cc1ccccc1C[C@@H]1COCC[C@H]1S(=O)(=O)N(C)C. The van der Waals surface area contributed by atoms with Gasteiger partial charge in [-0.05, 0) is 30.9 Å². The van der Waals surface area contributed by atoms with E-state index in [1.54, 1.807) is 14.1 Å². The molecule has 0 bridgehead atoms. The molecule has 0 N–H and O–H groups in total. The molecule has 1 saturated heterocycles. The average molecular weight is 297 g/mol. The molecule has 0 saturated carbocycles. The smallest absolute Gasteiger partial charge is 0.216 e. The summed E-state index contributed by atoms with van der Waals surface area (Å²) in [5.41, 5.74) is 2.42. The summed E-state index contributed by atoms with van der Waals surface area (Å²) < 4.78 is 31.7. The van der Waals surface area contributed by atoms with Crippen LogP contribution in [0.15, 0.2) is 24.3 Å². The second-order valence-electron chi connectivity index (χ2n) is 5.62. The first-order valence-electron chi connectivity index (χ1n) is 6.96. The monoisotopic (exact) mass is 297 g/mol. The highest BCUT2D eigenvalue weighted by atomic mass is 32.2. The lowest BCUT2D eigenvalue weighted by Gasteiger charge is -2.33. The third-order valence-corrected chi connectivity index (χ3v) is 6.44. The summed E-state index contributed by atoms with van der Waals surface area (Å²) in [7, 11) is -0.0152. The standard InChI is InChI=1S/C15H23NO3S/c1-12-6-4-5-7-13(12)10-14-11-19-9-8-15(14)20(17,18)16(2)3/h4-7,14-15H,8-11H2,1-3H3/t14-,15-/m1/s1. The number of nitrogens with zero attached hydrogens (tertiary/aromatic N) is 1. The minimum atomic E-state index is -3.23. The highest BCUT2D eigenvalue weighted by molar-refractivity contribution is 7.89. The molecule has 112 valence electrons. The molecule has 20 heavy (non-hydrogen) atoms. The lowest BCUT2D eigenvalue weighted by Crippen LogP contribution is -2.44. The van der Waals surface area contributed by atoms with Gasteiger partial charge in [0.15, 0.2) is 0 Å². The van der Waals surface area contributed by atoms with E-state index in [2.05, 4.69) is 19.1 Å². The number of ether oxygens (including phenoxy) is 1. The Kier molecular flexibility index (Phi) is 4.83. The summed E-state index contributed by atoms with van der Waals surface area (Å²) in [5, 5.41) is -0.342. The van der Waals surface area contributed by atoms with Gasteiger partial charge in [0.25, 0.3) is 0 Å². The molecular formula is C15H23NO3S. The minimum absolute atomic E-state index is 0.0252. The lowest BCUT2D eigenvalue weighted by molar-refractivity contribution is 0.0563. The second-order valence-corrected chi connectivity index (χ2v) is 7.99. The van der Waals surface area contributed by atoms with Crippen molar-refractivity contribution < 1.29 is 13.2 Å². The van der Waals surface area contributed by atoms with E-state index in [1.807, 2.05) is 12.1 Å². The van der Waals surface area contributed by atoms with Gasteiger partial charge in [-0.25, -0.2) is 12.7 Å². The molecule has 2 atom stereocenters. The van der Waals surface area contributed by atoms with Gasteiger partial charge in [0.1, 0.15) is 0 Å². The summed E-state index contributed by atoms with van der Waals surface area (Å²) in [6.07, 6.45) is 1.33. The summed E-state index contributed by atoms with van der Waals surface area (Å²) in [5.74, 6) is 0.0252. The van der Waals surface area contributed by atoms with Crippen LogP contribution in [-0.4, -0.2) is 45.3 Å². The Hall–Kier alpha value is -0.910. The maximum absolute atomic E-state index is 12.4. The fraction of sp³-hybridized carbons (Fsp3) is 0.600. The van der Waals surface area contributed by atoms with E-state index < -0.39 is 10.0 Å². The molecule has 0 unspecified atom stereocenters. The first-order chi connectivity index (χ1) is 9.43. The summed E-state index contributed by atoms with van der Waals surface area (Å²) in [6.45, 7) is 3.11. The summed E-state index contributed by atoms with van der Waals surface area (Å²) in [6, 6.07) is 8.14. The van der Waals surface area contributed by atoms with E-state index in [0.717, 1.165) is 6.42 Å². The quantitative estimate of drug-likeness (QED) is 0.852. The highest BCUT2D eigenvalue weighted by Gasteiger charge is 2.37. The Morgan fingerprint density at radius 2 is 2.00 bits per heavy atom. The fourth-order valence-electron chi connectivity index (χ4n) is 2.75. The molecule has 1 aromatic rings. The average Bonchev–Trinajstić information content (AvgIpc) is 2.41.